The van der Waals surface area contributed by atoms with Crippen LogP contribution in [0.5, 0.6) is 0 Å². The number of halogens is 1. The van der Waals surface area contributed by atoms with Crippen LogP contribution in [0.1, 0.15) is 24.8 Å². The highest BCUT2D eigenvalue weighted by atomic mass is 127. The van der Waals surface area contributed by atoms with Crippen LogP contribution in [0.4, 0.5) is 28.7 Å². The van der Waals surface area contributed by atoms with Crippen LogP contribution in [0.25, 0.3) is 11.3 Å². The van der Waals surface area contributed by atoms with E-state index in [-0.39, 0.29) is 21.9 Å². The van der Waals surface area contributed by atoms with Gasteiger partial charge in [0.05, 0.1) is 11.1 Å². The first-order valence-electron chi connectivity index (χ1n) is 10.9. The molecule has 0 saturated carbocycles. The van der Waals surface area contributed by atoms with Gasteiger partial charge in [-0.2, -0.15) is 10.1 Å². The fourth-order valence-corrected chi connectivity index (χ4v) is 4.17. The first-order chi connectivity index (χ1) is 17.1. The fourth-order valence-electron chi connectivity index (χ4n) is 3.81. The minimum absolute atomic E-state index is 0.0619. The SMILES string of the molecule is O=[N+]([O-])c1cc(/C=N\Nc2nc3nonc3nc2Nc2ccc(I)cc2)ccc1N1CCCCC1. The maximum absolute atomic E-state index is 11.7. The summed E-state index contributed by atoms with van der Waals surface area (Å²) in [5, 5.41) is 26.6. The number of benzene rings is 2. The highest BCUT2D eigenvalue weighted by Crippen LogP contribution is 2.31. The van der Waals surface area contributed by atoms with Gasteiger partial charge in [-0.15, -0.1) is 0 Å². The summed E-state index contributed by atoms with van der Waals surface area (Å²) in [4.78, 5) is 22.2. The van der Waals surface area contributed by atoms with Crippen LogP contribution in [0, 0.1) is 13.7 Å². The van der Waals surface area contributed by atoms with E-state index < -0.39 is 0 Å². The first-order valence-corrected chi connectivity index (χ1v) is 12.0. The molecule has 0 aliphatic carbocycles. The fraction of sp³-hybridized carbons (Fsp3) is 0.227. The summed E-state index contributed by atoms with van der Waals surface area (Å²) >= 11 is 2.23. The van der Waals surface area contributed by atoms with Crippen LogP contribution in [0.15, 0.2) is 52.2 Å². The monoisotopic (exact) mass is 585 g/mol. The second kappa shape index (κ2) is 10.2. The first kappa shape index (κ1) is 22.9. The van der Waals surface area contributed by atoms with Crippen LogP contribution in [-0.2, 0) is 0 Å². The average Bonchev–Trinajstić information content (AvgIpc) is 3.33. The number of anilines is 4. The Bertz CT molecular complexity index is 1380. The molecule has 0 amide bonds. The van der Waals surface area contributed by atoms with Crippen LogP contribution >= 0.6 is 22.6 Å². The maximum atomic E-state index is 11.7. The van der Waals surface area contributed by atoms with E-state index >= 15 is 0 Å². The molecule has 35 heavy (non-hydrogen) atoms. The molecule has 0 spiro atoms. The molecule has 2 aromatic carbocycles. The zero-order valence-electron chi connectivity index (χ0n) is 18.4. The Labute approximate surface area is 213 Å². The molecule has 0 unspecified atom stereocenters. The summed E-state index contributed by atoms with van der Waals surface area (Å²) in [7, 11) is 0. The van der Waals surface area contributed by atoms with E-state index in [0.717, 1.165) is 41.6 Å². The molecule has 4 aromatic rings. The summed E-state index contributed by atoms with van der Waals surface area (Å²) in [5.41, 5.74) is 5.39. The minimum Gasteiger partial charge on any atom is -0.366 e. The third kappa shape index (κ3) is 5.29. The maximum Gasteiger partial charge on any atom is 0.293 e. The van der Waals surface area contributed by atoms with Gasteiger partial charge in [-0.3, -0.25) is 15.5 Å². The van der Waals surface area contributed by atoms with Crippen molar-refractivity contribution >= 4 is 68.8 Å². The highest BCUT2D eigenvalue weighted by molar-refractivity contribution is 14.1. The average molecular weight is 585 g/mol. The van der Waals surface area contributed by atoms with Gasteiger partial charge in [0.2, 0.25) is 11.3 Å². The lowest BCUT2D eigenvalue weighted by atomic mass is 10.1. The van der Waals surface area contributed by atoms with Gasteiger partial charge in [0.15, 0.2) is 11.6 Å². The Hall–Kier alpha value is -3.88. The van der Waals surface area contributed by atoms with Crippen molar-refractivity contribution in [1.82, 2.24) is 20.3 Å². The lowest BCUT2D eigenvalue weighted by molar-refractivity contribution is -0.384. The van der Waals surface area contributed by atoms with Crippen molar-refractivity contribution in [3.8, 4) is 0 Å². The Morgan fingerprint density at radius 3 is 2.46 bits per heavy atom. The third-order valence-corrected chi connectivity index (χ3v) is 6.22. The highest BCUT2D eigenvalue weighted by Gasteiger charge is 2.21. The zero-order chi connectivity index (χ0) is 24.2. The molecule has 0 atom stereocenters. The second-order valence-corrected chi connectivity index (χ2v) is 9.13. The number of hydrogen-bond donors (Lipinski definition) is 2. The number of hydrazone groups is 1. The van der Waals surface area contributed by atoms with Gasteiger partial charge in [0, 0.05) is 34.0 Å². The molecule has 5 rings (SSSR count). The van der Waals surface area contributed by atoms with E-state index in [2.05, 4.69) is 63.6 Å². The van der Waals surface area contributed by atoms with E-state index in [9.17, 15) is 10.1 Å². The number of rotatable bonds is 7. The lowest BCUT2D eigenvalue weighted by Gasteiger charge is -2.28. The Kier molecular flexibility index (Phi) is 6.65. The molecule has 0 bridgehead atoms. The van der Waals surface area contributed by atoms with Crippen molar-refractivity contribution in [2.45, 2.75) is 19.3 Å². The molecule has 13 heteroatoms. The normalized spacial score (nSPS) is 13.9. The molecule has 12 nitrogen and oxygen atoms in total. The number of fused-ring (bicyclic) bond motifs is 1. The summed E-state index contributed by atoms with van der Waals surface area (Å²) in [6, 6.07) is 12.8. The van der Waals surface area contributed by atoms with Gasteiger partial charge in [0.1, 0.15) is 5.69 Å². The summed E-state index contributed by atoms with van der Waals surface area (Å²) in [6.45, 7) is 1.65. The quantitative estimate of drug-likeness (QED) is 0.135. The van der Waals surface area contributed by atoms with Gasteiger partial charge in [-0.05, 0) is 82.5 Å². The van der Waals surface area contributed by atoms with Gasteiger partial charge < -0.3 is 10.2 Å². The minimum atomic E-state index is -0.352. The molecule has 178 valence electrons. The van der Waals surface area contributed by atoms with Crippen molar-refractivity contribution in [1.29, 1.82) is 0 Å². The Morgan fingerprint density at radius 1 is 1.03 bits per heavy atom. The van der Waals surface area contributed by atoms with Crippen molar-refractivity contribution in [3.05, 3.63) is 61.7 Å². The van der Waals surface area contributed by atoms with Crippen molar-refractivity contribution < 1.29 is 9.55 Å². The van der Waals surface area contributed by atoms with Gasteiger partial charge >= 0.3 is 0 Å². The second-order valence-electron chi connectivity index (χ2n) is 7.89. The molecule has 1 aliphatic heterocycles. The van der Waals surface area contributed by atoms with Crippen LogP contribution < -0.4 is 15.6 Å². The molecule has 0 radical (unpaired) electrons. The number of hydrogen-bond acceptors (Lipinski definition) is 11. The Balaban J connectivity index is 1.39. The van der Waals surface area contributed by atoms with E-state index in [1.807, 2.05) is 30.3 Å². The van der Waals surface area contributed by atoms with Crippen LogP contribution in [0.2, 0.25) is 0 Å². The number of piperidine rings is 1. The van der Waals surface area contributed by atoms with E-state index in [1.165, 1.54) is 12.3 Å². The topological polar surface area (TPSA) is 148 Å². The van der Waals surface area contributed by atoms with Crippen LogP contribution in [0.3, 0.4) is 0 Å². The summed E-state index contributed by atoms with van der Waals surface area (Å²) < 4.78 is 5.82. The number of nitrogens with zero attached hydrogens (tertiary/aromatic N) is 7. The van der Waals surface area contributed by atoms with E-state index in [0.29, 0.717) is 22.9 Å². The molecule has 2 N–H and O–H groups in total. The standard InChI is InChI=1S/C22H20IN9O3/c23-15-5-7-16(8-6-15)25-19-20(27-22-21(26-19)29-35-30-22)28-24-13-14-4-9-17(18(12-14)32(33)34)31-10-2-1-3-11-31/h4-9,12-13H,1-3,10-11H2,(H,25,26,29)(H,27,28,30)/b24-13-. The molecule has 3 heterocycles. The number of nitro groups is 1. The molecule has 1 aliphatic rings. The third-order valence-electron chi connectivity index (χ3n) is 5.50. The van der Waals surface area contributed by atoms with Gasteiger partial charge in [-0.25, -0.2) is 9.61 Å². The molecule has 1 fully saturated rings. The number of aromatic nitrogens is 4. The summed E-state index contributed by atoms with van der Waals surface area (Å²) in [6.07, 6.45) is 4.72. The molecule has 2 aromatic heterocycles. The predicted molar refractivity (Wildman–Crippen MR) is 140 cm³/mol. The number of nitrogens with one attached hydrogen (secondary N) is 2. The van der Waals surface area contributed by atoms with Crippen molar-refractivity contribution in [2.75, 3.05) is 28.7 Å². The number of nitro benzene ring substituents is 1. The smallest absolute Gasteiger partial charge is 0.293 e. The molecular formula is C22H20IN9O3. The predicted octanol–water partition coefficient (Wildman–Crippen LogP) is 4.71. The van der Waals surface area contributed by atoms with Crippen LogP contribution in [-0.4, -0.2) is 44.5 Å². The van der Waals surface area contributed by atoms with Gasteiger partial charge in [-0.1, -0.05) is 6.07 Å². The zero-order valence-corrected chi connectivity index (χ0v) is 20.5. The van der Waals surface area contributed by atoms with Crippen molar-refractivity contribution in [2.24, 2.45) is 5.10 Å². The van der Waals surface area contributed by atoms with E-state index in [1.54, 1.807) is 6.07 Å². The Morgan fingerprint density at radius 2 is 1.74 bits per heavy atom. The van der Waals surface area contributed by atoms with Gasteiger partial charge in [0.25, 0.3) is 5.69 Å². The lowest BCUT2D eigenvalue weighted by Crippen LogP contribution is -2.29. The molecule has 1 saturated heterocycles. The largest absolute Gasteiger partial charge is 0.366 e. The summed E-state index contributed by atoms with van der Waals surface area (Å²) in [5.74, 6) is 0.667. The van der Waals surface area contributed by atoms with Crippen molar-refractivity contribution in [3.63, 3.8) is 0 Å². The van der Waals surface area contributed by atoms with E-state index in [4.69, 9.17) is 4.63 Å². The molecular weight excluding hydrogens is 565 g/mol.